The molecule has 0 bridgehead atoms. The lowest BCUT2D eigenvalue weighted by Gasteiger charge is -2.26. The molecule has 6 nitrogen and oxygen atoms in total. The highest BCUT2D eigenvalue weighted by Crippen LogP contribution is 2.21. The largest absolute Gasteiger partial charge is 0.393 e. The van der Waals surface area contributed by atoms with Crippen LogP contribution in [0, 0.1) is 5.41 Å². The van der Waals surface area contributed by atoms with Crippen LogP contribution in [0.25, 0.3) is 10.9 Å². The number of aromatic nitrogens is 1. The van der Waals surface area contributed by atoms with Crippen molar-refractivity contribution in [2.45, 2.75) is 33.3 Å². The second kappa shape index (κ2) is 6.83. The summed E-state index contributed by atoms with van der Waals surface area (Å²) in [7, 11) is 0. The smallest absolute Gasteiger partial charge is 0.313 e. The Morgan fingerprint density at radius 2 is 2.00 bits per heavy atom. The van der Waals surface area contributed by atoms with Crippen LogP contribution in [0.3, 0.4) is 0 Å². The van der Waals surface area contributed by atoms with Crippen molar-refractivity contribution in [2.24, 2.45) is 5.41 Å². The molecule has 1 atom stereocenters. The van der Waals surface area contributed by atoms with Crippen LogP contribution >= 0.6 is 0 Å². The van der Waals surface area contributed by atoms with Gasteiger partial charge in [-0.15, -0.1) is 0 Å². The van der Waals surface area contributed by atoms with Crippen LogP contribution in [-0.4, -0.2) is 34.6 Å². The molecule has 0 fully saturated rings. The van der Waals surface area contributed by atoms with Gasteiger partial charge in [0.25, 0.3) is 0 Å². The molecule has 1 aromatic carbocycles. The molecule has 2 aromatic rings. The third-order valence-electron chi connectivity index (χ3n) is 3.59. The second-order valence-corrected chi connectivity index (χ2v) is 6.63. The highest BCUT2D eigenvalue weighted by atomic mass is 16.3. The molecule has 0 radical (unpaired) electrons. The minimum atomic E-state index is -0.701. The van der Waals surface area contributed by atoms with Crippen LogP contribution in [0.5, 0.6) is 0 Å². The molecule has 6 heteroatoms. The van der Waals surface area contributed by atoms with Gasteiger partial charge < -0.3 is 20.7 Å². The van der Waals surface area contributed by atoms with Crippen molar-refractivity contribution in [2.75, 3.05) is 11.9 Å². The van der Waals surface area contributed by atoms with E-state index in [1.807, 2.05) is 32.2 Å². The maximum atomic E-state index is 11.9. The Bertz CT molecular complexity index is 704. The van der Waals surface area contributed by atoms with Crippen LogP contribution in [0.1, 0.15) is 27.2 Å². The van der Waals surface area contributed by atoms with E-state index in [-0.39, 0.29) is 5.41 Å². The number of hydrogen-bond donors (Lipinski definition) is 4. The number of anilines is 1. The Balaban J connectivity index is 1.90. The predicted octanol–water partition coefficient (Wildman–Crippen LogP) is 2.02. The topological polar surface area (TPSA) is 94.2 Å². The Labute approximate surface area is 135 Å². The number of benzene rings is 1. The van der Waals surface area contributed by atoms with E-state index >= 15 is 0 Å². The summed E-state index contributed by atoms with van der Waals surface area (Å²) in [6.45, 7) is 5.88. The number of nitrogens with one attached hydrogen (secondary N) is 3. The monoisotopic (exact) mass is 317 g/mol. The fourth-order valence-electron chi connectivity index (χ4n) is 2.59. The van der Waals surface area contributed by atoms with Crippen LogP contribution in [0.4, 0.5) is 5.69 Å². The number of H-pyrrole nitrogens is 1. The minimum absolute atomic E-state index is 0.284. The van der Waals surface area contributed by atoms with Gasteiger partial charge in [0.15, 0.2) is 0 Å². The molecule has 0 aliphatic heterocycles. The average Bonchev–Trinajstić information content (AvgIpc) is 2.91. The highest BCUT2D eigenvalue weighted by Gasteiger charge is 2.23. The van der Waals surface area contributed by atoms with Crippen LogP contribution in [0.15, 0.2) is 30.5 Å². The quantitative estimate of drug-likeness (QED) is 0.636. The average molecular weight is 317 g/mol. The number of carbonyl (C=O) groups excluding carboxylic acids is 2. The van der Waals surface area contributed by atoms with Crippen molar-refractivity contribution in [3.8, 4) is 0 Å². The molecule has 0 aliphatic rings. The van der Waals surface area contributed by atoms with E-state index in [1.54, 1.807) is 19.1 Å². The normalized spacial score (nSPS) is 12.9. The fourth-order valence-corrected chi connectivity index (χ4v) is 2.59. The molecule has 0 saturated heterocycles. The van der Waals surface area contributed by atoms with Gasteiger partial charge in [-0.25, -0.2) is 0 Å². The number of carbonyl (C=O) groups is 2. The summed E-state index contributed by atoms with van der Waals surface area (Å²) in [5, 5.41) is 15.6. The highest BCUT2D eigenvalue weighted by molar-refractivity contribution is 6.39. The maximum Gasteiger partial charge on any atom is 0.313 e. The van der Waals surface area contributed by atoms with Gasteiger partial charge in [-0.3, -0.25) is 9.59 Å². The maximum absolute atomic E-state index is 11.9. The standard InChI is InChI=1S/C17H23N3O3/c1-11(21)9-17(2,3)10-19-15(22)16(23)20-13-4-5-14-12(8-13)6-7-18-14/h4-8,11,18,21H,9-10H2,1-3H3,(H,19,22)(H,20,23). The molecule has 4 N–H and O–H groups in total. The van der Waals surface area contributed by atoms with E-state index in [4.69, 9.17) is 0 Å². The fraction of sp³-hybridized carbons (Fsp3) is 0.412. The number of aliphatic hydroxyl groups excluding tert-OH is 1. The van der Waals surface area contributed by atoms with E-state index in [0.717, 1.165) is 10.9 Å². The molecule has 2 amide bonds. The Morgan fingerprint density at radius 1 is 1.26 bits per heavy atom. The Morgan fingerprint density at radius 3 is 2.70 bits per heavy atom. The van der Waals surface area contributed by atoms with E-state index in [0.29, 0.717) is 18.7 Å². The first-order valence-corrected chi connectivity index (χ1v) is 7.61. The zero-order chi connectivity index (χ0) is 17.0. The van der Waals surface area contributed by atoms with Gasteiger partial charge >= 0.3 is 11.8 Å². The molecule has 1 heterocycles. The van der Waals surface area contributed by atoms with E-state index < -0.39 is 17.9 Å². The SMILES string of the molecule is CC(O)CC(C)(C)CNC(=O)C(=O)Nc1ccc2[nH]ccc2c1. The summed E-state index contributed by atoms with van der Waals surface area (Å²) in [5.74, 6) is -1.38. The molecular weight excluding hydrogens is 294 g/mol. The van der Waals surface area contributed by atoms with Crippen molar-refractivity contribution in [1.82, 2.24) is 10.3 Å². The van der Waals surface area contributed by atoms with Gasteiger partial charge in [0.2, 0.25) is 0 Å². The van der Waals surface area contributed by atoms with Crippen molar-refractivity contribution in [3.63, 3.8) is 0 Å². The van der Waals surface area contributed by atoms with Gasteiger partial charge in [-0.1, -0.05) is 13.8 Å². The molecular formula is C17H23N3O3. The van der Waals surface area contributed by atoms with Crippen LogP contribution < -0.4 is 10.6 Å². The first-order valence-electron chi connectivity index (χ1n) is 7.61. The number of hydrogen-bond acceptors (Lipinski definition) is 3. The number of rotatable bonds is 5. The first-order chi connectivity index (χ1) is 10.8. The summed E-state index contributed by atoms with van der Waals surface area (Å²) >= 11 is 0. The molecule has 0 spiro atoms. The number of fused-ring (bicyclic) bond motifs is 1. The van der Waals surface area contributed by atoms with E-state index in [9.17, 15) is 14.7 Å². The van der Waals surface area contributed by atoms with Gasteiger partial charge in [-0.05, 0) is 43.0 Å². The van der Waals surface area contributed by atoms with Crippen LogP contribution in [-0.2, 0) is 9.59 Å². The van der Waals surface area contributed by atoms with Gasteiger partial charge in [-0.2, -0.15) is 0 Å². The zero-order valence-corrected chi connectivity index (χ0v) is 13.6. The predicted molar refractivity (Wildman–Crippen MR) is 90.0 cm³/mol. The lowest BCUT2D eigenvalue weighted by molar-refractivity contribution is -0.136. The summed E-state index contributed by atoms with van der Waals surface area (Å²) in [4.78, 5) is 26.9. The molecule has 2 rings (SSSR count). The first kappa shape index (κ1) is 17.0. The van der Waals surface area contributed by atoms with Crippen molar-refractivity contribution in [3.05, 3.63) is 30.5 Å². The Kier molecular flexibility index (Phi) is 5.05. The van der Waals surface area contributed by atoms with Crippen molar-refractivity contribution in [1.29, 1.82) is 0 Å². The molecule has 1 aromatic heterocycles. The lowest BCUT2D eigenvalue weighted by atomic mass is 9.87. The number of aromatic amines is 1. The Hall–Kier alpha value is -2.34. The second-order valence-electron chi connectivity index (χ2n) is 6.63. The van der Waals surface area contributed by atoms with Crippen LogP contribution in [0.2, 0.25) is 0 Å². The summed E-state index contributed by atoms with van der Waals surface area (Å²) in [5.41, 5.74) is 1.25. The van der Waals surface area contributed by atoms with Crippen molar-refractivity contribution < 1.29 is 14.7 Å². The van der Waals surface area contributed by atoms with E-state index in [2.05, 4.69) is 15.6 Å². The molecule has 0 aliphatic carbocycles. The summed E-state index contributed by atoms with van der Waals surface area (Å²) in [6, 6.07) is 7.27. The zero-order valence-electron chi connectivity index (χ0n) is 13.6. The third kappa shape index (κ3) is 4.82. The van der Waals surface area contributed by atoms with Crippen molar-refractivity contribution >= 4 is 28.4 Å². The van der Waals surface area contributed by atoms with Gasteiger partial charge in [0.05, 0.1) is 6.10 Å². The molecule has 0 saturated carbocycles. The third-order valence-corrected chi connectivity index (χ3v) is 3.59. The van der Waals surface area contributed by atoms with Gasteiger partial charge in [0.1, 0.15) is 0 Å². The molecule has 1 unspecified atom stereocenters. The van der Waals surface area contributed by atoms with Gasteiger partial charge in [0, 0.05) is 29.3 Å². The molecule has 23 heavy (non-hydrogen) atoms. The number of aliphatic hydroxyl groups is 1. The summed E-state index contributed by atoms with van der Waals surface area (Å²) < 4.78 is 0. The van der Waals surface area contributed by atoms with E-state index in [1.165, 1.54) is 0 Å². The summed E-state index contributed by atoms with van der Waals surface area (Å²) in [6.07, 6.45) is 1.90. The minimum Gasteiger partial charge on any atom is -0.393 e. The lowest BCUT2D eigenvalue weighted by Crippen LogP contribution is -2.41. The number of amides is 2. The molecule has 124 valence electrons.